The summed E-state index contributed by atoms with van der Waals surface area (Å²) in [5, 5.41) is 10.1. The predicted octanol–water partition coefficient (Wildman–Crippen LogP) is 1.37. The van der Waals surface area contributed by atoms with Gasteiger partial charge in [-0.05, 0) is 50.9 Å². The quantitative estimate of drug-likeness (QED) is 0.843. The van der Waals surface area contributed by atoms with Crippen molar-refractivity contribution in [3.05, 3.63) is 33.7 Å². The first-order valence-electron chi connectivity index (χ1n) is 9.02. The Morgan fingerprint density at radius 2 is 2.20 bits per heavy atom. The van der Waals surface area contributed by atoms with Crippen LogP contribution < -0.4 is 16.2 Å². The molecule has 1 amide bonds. The lowest BCUT2D eigenvalue weighted by molar-refractivity contribution is 0.0752. The second-order valence-electron chi connectivity index (χ2n) is 6.72. The van der Waals surface area contributed by atoms with E-state index in [1.165, 1.54) is 0 Å². The van der Waals surface area contributed by atoms with Crippen LogP contribution in [0.15, 0.2) is 22.2 Å². The van der Waals surface area contributed by atoms with E-state index in [2.05, 4.69) is 15.8 Å². The van der Waals surface area contributed by atoms with Crippen molar-refractivity contribution in [1.29, 1.82) is 0 Å². The molecule has 0 radical (unpaired) electrons. The molecule has 0 aliphatic carbocycles. The Bertz CT molecular complexity index is 720. The second kappa shape index (κ2) is 7.82. The van der Waals surface area contributed by atoms with Gasteiger partial charge < -0.3 is 20.0 Å². The maximum absolute atomic E-state index is 12.9. The van der Waals surface area contributed by atoms with Gasteiger partial charge in [0.25, 0.3) is 11.5 Å². The number of carbonyl (C=O) groups is 1. The first kappa shape index (κ1) is 17.7. The lowest BCUT2D eigenvalue weighted by Crippen LogP contribution is -2.40. The Morgan fingerprint density at radius 3 is 2.88 bits per heavy atom. The first-order valence-corrected chi connectivity index (χ1v) is 9.02. The molecule has 0 aromatic carbocycles. The molecule has 25 heavy (non-hydrogen) atoms. The van der Waals surface area contributed by atoms with Crippen molar-refractivity contribution >= 4 is 11.6 Å². The molecule has 3 rings (SSSR count). The fourth-order valence-electron chi connectivity index (χ4n) is 3.39. The molecule has 1 fully saturated rings. The van der Waals surface area contributed by atoms with Gasteiger partial charge in [0.1, 0.15) is 11.7 Å². The van der Waals surface area contributed by atoms with Crippen molar-refractivity contribution in [3.8, 4) is 0 Å². The summed E-state index contributed by atoms with van der Waals surface area (Å²) in [5.41, 5.74) is 1.73. The molecule has 2 N–H and O–H groups in total. The number of aromatic nitrogens is 1. The normalized spacial score (nSPS) is 20.9. The van der Waals surface area contributed by atoms with E-state index in [1.807, 2.05) is 19.2 Å². The maximum Gasteiger partial charge on any atom is 0.263 e. The smallest absolute Gasteiger partial charge is 0.263 e. The van der Waals surface area contributed by atoms with Crippen molar-refractivity contribution < 1.29 is 9.63 Å². The van der Waals surface area contributed by atoms with Crippen LogP contribution in [0.4, 0.5) is 0 Å². The van der Waals surface area contributed by atoms with E-state index in [0.29, 0.717) is 12.1 Å². The van der Waals surface area contributed by atoms with Crippen LogP contribution in [0.25, 0.3) is 0 Å². The van der Waals surface area contributed by atoms with Gasteiger partial charge in [0, 0.05) is 18.7 Å². The molecule has 1 aromatic heterocycles. The van der Waals surface area contributed by atoms with Gasteiger partial charge >= 0.3 is 0 Å². The van der Waals surface area contributed by atoms with Crippen LogP contribution in [0.1, 0.15) is 54.6 Å². The molecule has 2 aliphatic heterocycles. The van der Waals surface area contributed by atoms with E-state index < -0.39 is 0 Å². The zero-order valence-electron chi connectivity index (χ0n) is 14.9. The van der Waals surface area contributed by atoms with Gasteiger partial charge in [0.05, 0.1) is 12.3 Å². The number of nitrogens with one attached hydrogen (secondary N) is 2. The van der Waals surface area contributed by atoms with E-state index >= 15 is 0 Å². The average Bonchev–Trinajstić information content (AvgIpc) is 3.09. The van der Waals surface area contributed by atoms with Gasteiger partial charge in [-0.15, -0.1) is 0 Å². The Hall–Kier alpha value is -2.15. The van der Waals surface area contributed by atoms with E-state index in [-0.39, 0.29) is 29.2 Å². The highest BCUT2D eigenvalue weighted by molar-refractivity contribution is 5.95. The highest BCUT2D eigenvalue weighted by atomic mass is 16.6. The Kier molecular flexibility index (Phi) is 5.53. The number of nitrogens with zero attached hydrogens (tertiary/aromatic N) is 2. The number of rotatable bonds is 5. The monoisotopic (exact) mass is 346 g/mol. The van der Waals surface area contributed by atoms with Crippen LogP contribution in [0.5, 0.6) is 0 Å². The van der Waals surface area contributed by atoms with Crippen LogP contribution in [-0.4, -0.2) is 41.9 Å². The summed E-state index contributed by atoms with van der Waals surface area (Å²) in [6, 6.07) is 2.00. The van der Waals surface area contributed by atoms with E-state index in [4.69, 9.17) is 4.84 Å². The maximum atomic E-state index is 12.9. The summed E-state index contributed by atoms with van der Waals surface area (Å²) in [5.74, 6) is -0.334. The number of aryl methyl sites for hydroxylation is 1. The predicted molar refractivity (Wildman–Crippen MR) is 96.1 cm³/mol. The van der Waals surface area contributed by atoms with Gasteiger partial charge in [-0.3, -0.25) is 9.59 Å². The lowest BCUT2D eigenvalue weighted by Gasteiger charge is -2.25. The standard InChI is InChI=1S/C18H26N4O3/c1-3-13-10-15(25-21-13)11-20-17(23)16-12(2)6-9-22(18(16)24)14-4-7-19-8-5-14/h6,9,14-15,19H,3-5,7-8,10-11H2,1-2H3,(H,20,23). The molecule has 0 spiro atoms. The average molecular weight is 346 g/mol. The SMILES string of the molecule is CCC1=NOC(CNC(=O)c2c(C)ccn(C3CCNCC3)c2=O)C1. The Balaban J connectivity index is 1.70. The molecule has 1 atom stereocenters. The van der Waals surface area contributed by atoms with Crippen LogP contribution in [0, 0.1) is 6.92 Å². The van der Waals surface area contributed by atoms with Crippen molar-refractivity contribution in [1.82, 2.24) is 15.2 Å². The number of hydrogen-bond acceptors (Lipinski definition) is 5. The van der Waals surface area contributed by atoms with Gasteiger partial charge in [-0.2, -0.15) is 0 Å². The lowest BCUT2D eigenvalue weighted by atomic mass is 10.0. The summed E-state index contributed by atoms with van der Waals surface area (Å²) in [6.07, 6.45) is 5.04. The van der Waals surface area contributed by atoms with Crippen molar-refractivity contribution in [2.24, 2.45) is 5.16 Å². The molecule has 7 nitrogen and oxygen atoms in total. The number of hydrogen-bond donors (Lipinski definition) is 2. The molecule has 0 bridgehead atoms. The number of pyridine rings is 1. The zero-order valence-corrected chi connectivity index (χ0v) is 14.9. The van der Waals surface area contributed by atoms with Crippen LogP contribution >= 0.6 is 0 Å². The minimum absolute atomic E-state index is 0.144. The van der Waals surface area contributed by atoms with Crippen LogP contribution in [0.3, 0.4) is 0 Å². The third kappa shape index (κ3) is 3.92. The third-order valence-corrected chi connectivity index (χ3v) is 4.95. The van der Waals surface area contributed by atoms with E-state index in [0.717, 1.165) is 44.5 Å². The summed E-state index contributed by atoms with van der Waals surface area (Å²) in [6.45, 7) is 5.97. The van der Waals surface area contributed by atoms with Gasteiger partial charge in [-0.25, -0.2) is 0 Å². The Morgan fingerprint density at radius 1 is 1.44 bits per heavy atom. The molecule has 2 aliphatic rings. The van der Waals surface area contributed by atoms with Crippen molar-refractivity contribution in [3.63, 3.8) is 0 Å². The minimum Gasteiger partial charge on any atom is -0.390 e. The molecule has 7 heteroatoms. The zero-order chi connectivity index (χ0) is 17.8. The molecular weight excluding hydrogens is 320 g/mol. The summed E-state index contributed by atoms with van der Waals surface area (Å²) in [7, 11) is 0. The van der Waals surface area contributed by atoms with Crippen LogP contribution in [-0.2, 0) is 4.84 Å². The molecule has 1 aromatic rings. The first-order chi connectivity index (χ1) is 12.1. The number of piperidine rings is 1. The van der Waals surface area contributed by atoms with Crippen molar-refractivity contribution in [2.45, 2.75) is 51.7 Å². The van der Waals surface area contributed by atoms with E-state index in [9.17, 15) is 9.59 Å². The molecule has 1 unspecified atom stereocenters. The highest BCUT2D eigenvalue weighted by Crippen LogP contribution is 2.17. The molecule has 3 heterocycles. The fraction of sp³-hybridized carbons (Fsp3) is 0.611. The highest BCUT2D eigenvalue weighted by Gasteiger charge is 2.24. The van der Waals surface area contributed by atoms with Crippen LogP contribution in [0.2, 0.25) is 0 Å². The molecule has 136 valence electrons. The number of carbonyl (C=O) groups excluding carboxylic acids is 1. The fourth-order valence-corrected chi connectivity index (χ4v) is 3.39. The third-order valence-electron chi connectivity index (χ3n) is 4.95. The Labute approximate surface area is 147 Å². The number of amides is 1. The summed E-state index contributed by atoms with van der Waals surface area (Å²) < 4.78 is 1.72. The van der Waals surface area contributed by atoms with E-state index in [1.54, 1.807) is 11.5 Å². The molecule has 0 saturated carbocycles. The molecular formula is C18H26N4O3. The van der Waals surface area contributed by atoms with Gasteiger partial charge in [0.15, 0.2) is 0 Å². The molecule has 1 saturated heterocycles. The summed E-state index contributed by atoms with van der Waals surface area (Å²) >= 11 is 0. The topological polar surface area (TPSA) is 84.7 Å². The van der Waals surface area contributed by atoms with Gasteiger partial charge in [0.2, 0.25) is 0 Å². The van der Waals surface area contributed by atoms with Gasteiger partial charge in [-0.1, -0.05) is 12.1 Å². The number of oxime groups is 1. The summed E-state index contributed by atoms with van der Waals surface area (Å²) in [4.78, 5) is 30.8. The van der Waals surface area contributed by atoms with Crippen molar-refractivity contribution in [2.75, 3.05) is 19.6 Å². The largest absolute Gasteiger partial charge is 0.390 e. The second-order valence-corrected chi connectivity index (χ2v) is 6.72. The minimum atomic E-state index is -0.334.